The van der Waals surface area contributed by atoms with Crippen molar-refractivity contribution in [3.05, 3.63) is 64.1 Å². The van der Waals surface area contributed by atoms with Crippen molar-refractivity contribution < 1.29 is 4.74 Å². The summed E-state index contributed by atoms with van der Waals surface area (Å²) in [5.41, 5.74) is 2.41. The van der Waals surface area contributed by atoms with Gasteiger partial charge in [0.05, 0.1) is 4.47 Å². The molecule has 0 amide bonds. The highest BCUT2D eigenvalue weighted by molar-refractivity contribution is 9.10. The second-order valence-electron chi connectivity index (χ2n) is 4.47. The van der Waals surface area contributed by atoms with Gasteiger partial charge in [0.25, 0.3) is 0 Å². The molecular weight excluding hydrogens is 302 g/mol. The van der Waals surface area contributed by atoms with E-state index in [-0.39, 0.29) is 6.10 Å². The molecule has 0 aromatic heterocycles. The first kappa shape index (κ1) is 14.1. The lowest BCUT2D eigenvalue weighted by Crippen LogP contribution is -2.06. The topological polar surface area (TPSA) is 21.3 Å². The molecule has 0 heterocycles. The largest absolute Gasteiger partial charge is 0.485 e. The highest BCUT2D eigenvalue weighted by Gasteiger charge is 2.09. The highest BCUT2D eigenvalue weighted by atomic mass is 79.9. The Balaban J connectivity index is 2.11. The van der Waals surface area contributed by atoms with Gasteiger partial charge in [-0.1, -0.05) is 36.4 Å². The maximum Gasteiger partial charge on any atom is 0.134 e. The van der Waals surface area contributed by atoms with Gasteiger partial charge in [-0.3, -0.25) is 0 Å². The van der Waals surface area contributed by atoms with Gasteiger partial charge in [0.2, 0.25) is 0 Å². The molecule has 2 aromatic rings. The van der Waals surface area contributed by atoms with E-state index >= 15 is 0 Å². The number of halogens is 1. The van der Waals surface area contributed by atoms with E-state index in [4.69, 9.17) is 4.74 Å². The first-order valence-corrected chi connectivity index (χ1v) is 7.14. The summed E-state index contributed by atoms with van der Waals surface area (Å²) in [7, 11) is 1.94. The molecule has 0 bridgehead atoms. The first-order chi connectivity index (χ1) is 9.20. The lowest BCUT2D eigenvalue weighted by Gasteiger charge is -2.16. The van der Waals surface area contributed by atoms with Crippen molar-refractivity contribution in [2.75, 3.05) is 7.05 Å². The predicted molar refractivity (Wildman–Crippen MR) is 82.4 cm³/mol. The van der Waals surface area contributed by atoms with E-state index in [1.807, 2.05) is 31.3 Å². The average Bonchev–Trinajstić information content (AvgIpc) is 2.43. The third-order valence-corrected chi connectivity index (χ3v) is 3.57. The molecule has 0 aliphatic carbocycles. The lowest BCUT2D eigenvalue weighted by atomic mass is 10.1. The Morgan fingerprint density at radius 2 is 1.89 bits per heavy atom. The minimum Gasteiger partial charge on any atom is -0.485 e. The molecule has 0 radical (unpaired) electrons. The van der Waals surface area contributed by atoms with Crippen molar-refractivity contribution in [1.29, 1.82) is 0 Å². The number of ether oxygens (including phenoxy) is 1. The molecule has 0 saturated heterocycles. The molecule has 2 nitrogen and oxygen atoms in total. The molecule has 2 aromatic carbocycles. The molecule has 0 aliphatic heterocycles. The van der Waals surface area contributed by atoms with Gasteiger partial charge >= 0.3 is 0 Å². The highest BCUT2D eigenvalue weighted by Crippen LogP contribution is 2.30. The van der Waals surface area contributed by atoms with Crippen molar-refractivity contribution in [3.63, 3.8) is 0 Å². The molecule has 1 unspecified atom stereocenters. The predicted octanol–water partition coefficient (Wildman–Crippen LogP) is 4.31. The van der Waals surface area contributed by atoms with Crippen LogP contribution >= 0.6 is 15.9 Å². The van der Waals surface area contributed by atoms with Gasteiger partial charge in [-0.05, 0) is 53.2 Å². The monoisotopic (exact) mass is 319 g/mol. The van der Waals surface area contributed by atoms with E-state index in [0.717, 1.165) is 16.8 Å². The molecule has 2 rings (SSSR count). The van der Waals surface area contributed by atoms with Crippen LogP contribution in [-0.4, -0.2) is 7.05 Å². The van der Waals surface area contributed by atoms with Gasteiger partial charge in [-0.25, -0.2) is 0 Å². The van der Waals surface area contributed by atoms with Crippen LogP contribution < -0.4 is 10.1 Å². The molecule has 1 N–H and O–H groups in total. The Bertz CT molecular complexity index is 528. The summed E-state index contributed by atoms with van der Waals surface area (Å²) < 4.78 is 6.99. The number of benzene rings is 2. The van der Waals surface area contributed by atoms with E-state index < -0.39 is 0 Å². The van der Waals surface area contributed by atoms with Gasteiger partial charge in [-0.15, -0.1) is 0 Å². The summed E-state index contributed by atoms with van der Waals surface area (Å²) in [5.74, 6) is 0.871. The normalized spacial score (nSPS) is 12.2. The van der Waals surface area contributed by atoms with Crippen LogP contribution in [-0.2, 0) is 6.54 Å². The molecule has 1 atom stereocenters. The number of rotatable bonds is 5. The summed E-state index contributed by atoms with van der Waals surface area (Å²) in [5, 5.41) is 3.14. The zero-order valence-electron chi connectivity index (χ0n) is 11.2. The average molecular weight is 320 g/mol. The molecule has 0 fully saturated rings. The maximum atomic E-state index is 6.00. The number of hydrogen-bond donors (Lipinski definition) is 1. The second kappa shape index (κ2) is 6.73. The standard InChI is InChI=1S/C16H18BrNO/c1-12(14-6-4-3-5-7-14)19-16-9-8-13(11-18-2)10-15(16)17/h3-10,12,18H,11H2,1-2H3. The Hall–Kier alpha value is -1.32. The maximum absolute atomic E-state index is 6.00. The van der Waals surface area contributed by atoms with Crippen molar-refractivity contribution in [3.8, 4) is 5.75 Å². The first-order valence-electron chi connectivity index (χ1n) is 6.35. The summed E-state index contributed by atoms with van der Waals surface area (Å²) >= 11 is 3.57. The summed E-state index contributed by atoms with van der Waals surface area (Å²) in [4.78, 5) is 0. The summed E-state index contributed by atoms with van der Waals surface area (Å²) in [6, 6.07) is 16.4. The molecule has 0 saturated carbocycles. The van der Waals surface area contributed by atoms with Crippen LogP contribution in [0.15, 0.2) is 53.0 Å². The van der Waals surface area contributed by atoms with E-state index in [1.165, 1.54) is 11.1 Å². The van der Waals surface area contributed by atoms with Crippen molar-refractivity contribution >= 4 is 15.9 Å². The van der Waals surface area contributed by atoms with Crippen molar-refractivity contribution in [1.82, 2.24) is 5.32 Å². The summed E-state index contributed by atoms with van der Waals surface area (Å²) in [6.45, 7) is 2.91. The Morgan fingerprint density at radius 3 is 2.53 bits per heavy atom. The number of hydrogen-bond acceptors (Lipinski definition) is 2. The lowest BCUT2D eigenvalue weighted by molar-refractivity contribution is 0.225. The zero-order valence-corrected chi connectivity index (χ0v) is 12.8. The van der Waals surface area contributed by atoms with Gasteiger partial charge in [0.1, 0.15) is 11.9 Å². The Labute approximate surface area is 122 Å². The molecule has 0 aliphatic rings. The summed E-state index contributed by atoms with van der Waals surface area (Å²) in [6.07, 6.45) is 0.0349. The van der Waals surface area contributed by atoms with Gasteiger partial charge in [-0.2, -0.15) is 0 Å². The Kier molecular flexibility index (Phi) is 5.00. The van der Waals surface area contributed by atoms with Crippen LogP contribution in [0.4, 0.5) is 0 Å². The SMILES string of the molecule is CNCc1ccc(OC(C)c2ccccc2)c(Br)c1. The van der Waals surface area contributed by atoms with Crippen LogP contribution in [0.25, 0.3) is 0 Å². The number of nitrogens with one attached hydrogen (secondary N) is 1. The van der Waals surface area contributed by atoms with E-state index in [9.17, 15) is 0 Å². The van der Waals surface area contributed by atoms with Crippen LogP contribution in [0.5, 0.6) is 5.75 Å². The van der Waals surface area contributed by atoms with Crippen molar-refractivity contribution in [2.45, 2.75) is 19.6 Å². The van der Waals surface area contributed by atoms with Crippen LogP contribution in [0.1, 0.15) is 24.2 Å². The zero-order chi connectivity index (χ0) is 13.7. The minimum atomic E-state index is 0.0349. The fourth-order valence-corrected chi connectivity index (χ4v) is 2.46. The van der Waals surface area contributed by atoms with E-state index in [2.05, 4.69) is 52.4 Å². The van der Waals surface area contributed by atoms with Gasteiger partial charge in [0, 0.05) is 6.54 Å². The Morgan fingerprint density at radius 1 is 1.16 bits per heavy atom. The van der Waals surface area contributed by atoms with E-state index in [0.29, 0.717) is 0 Å². The minimum absolute atomic E-state index is 0.0349. The molecule has 100 valence electrons. The van der Waals surface area contributed by atoms with Gasteiger partial charge in [0.15, 0.2) is 0 Å². The quantitative estimate of drug-likeness (QED) is 0.886. The van der Waals surface area contributed by atoms with Crippen LogP contribution in [0.2, 0.25) is 0 Å². The van der Waals surface area contributed by atoms with Crippen LogP contribution in [0.3, 0.4) is 0 Å². The molecular formula is C16H18BrNO. The molecule has 19 heavy (non-hydrogen) atoms. The third-order valence-electron chi connectivity index (χ3n) is 2.95. The van der Waals surface area contributed by atoms with Crippen LogP contribution in [0, 0.1) is 0 Å². The third kappa shape index (κ3) is 3.82. The van der Waals surface area contributed by atoms with Crippen molar-refractivity contribution in [2.24, 2.45) is 0 Å². The molecule has 3 heteroatoms. The molecule has 0 spiro atoms. The van der Waals surface area contributed by atoms with Gasteiger partial charge < -0.3 is 10.1 Å². The second-order valence-corrected chi connectivity index (χ2v) is 5.32. The smallest absolute Gasteiger partial charge is 0.134 e. The van der Waals surface area contributed by atoms with E-state index in [1.54, 1.807) is 0 Å². The fourth-order valence-electron chi connectivity index (χ4n) is 1.94. The fraction of sp³-hybridized carbons (Fsp3) is 0.250.